The number of hydrogen-bond acceptors (Lipinski definition) is 8. The van der Waals surface area contributed by atoms with Gasteiger partial charge in [0.25, 0.3) is 15.6 Å². The minimum absolute atomic E-state index is 0.199. The molecule has 0 atom stereocenters. The van der Waals surface area contributed by atoms with Crippen molar-refractivity contribution in [1.82, 2.24) is 9.13 Å². The first-order chi connectivity index (χ1) is 18.4. The molecule has 0 spiro atoms. The van der Waals surface area contributed by atoms with Crippen LogP contribution >= 0.6 is 15.6 Å². The lowest BCUT2D eigenvalue weighted by Gasteiger charge is -2.21. The monoisotopic (exact) mass is 598 g/mol. The maximum absolute atomic E-state index is 10.7. The molecule has 2 aromatic heterocycles. The Morgan fingerprint density at radius 2 is 0.949 bits per heavy atom. The standard InChI is InChI=1S/C7H13N2.C6H11N2.2C6H15O4P/c1-3-4-9-6-5-8(2)7-9;1-3-8-5-4-7(2)6-8;2*1-3-5-9-11(7,8)10-6-4-2/h5-7H,3-4H2,1-2H3;4-6H,3H2,1-2H3;2*3-6H2,1-2H3,(H,7,8)/q2*+1;;/p-2. The largest absolute Gasteiger partial charge is 0.756 e. The topological polar surface area (TPSA) is 135 Å². The van der Waals surface area contributed by atoms with Gasteiger partial charge in [0, 0.05) is 0 Å². The molecule has 0 radical (unpaired) electrons. The van der Waals surface area contributed by atoms with Gasteiger partial charge in [0.05, 0.1) is 53.6 Å². The maximum Gasteiger partial charge on any atom is 0.267 e. The third kappa shape index (κ3) is 25.4. The molecular weight excluding hydrogens is 546 g/mol. The molecular formula is C25H52N4O8P2. The Kier molecular flexibility index (Phi) is 24.9. The van der Waals surface area contributed by atoms with Gasteiger partial charge in [-0.25, -0.2) is 18.3 Å². The summed E-state index contributed by atoms with van der Waals surface area (Å²) in [5.41, 5.74) is 0. The number of imidazole rings is 2. The van der Waals surface area contributed by atoms with Crippen molar-refractivity contribution in [1.29, 1.82) is 0 Å². The van der Waals surface area contributed by atoms with Crippen molar-refractivity contribution in [3.05, 3.63) is 37.4 Å². The maximum atomic E-state index is 10.7. The minimum Gasteiger partial charge on any atom is -0.756 e. The van der Waals surface area contributed by atoms with E-state index in [-0.39, 0.29) is 26.4 Å². The molecule has 0 N–H and O–H groups in total. The highest BCUT2D eigenvalue weighted by Gasteiger charge is 2.07. The highest BCUT2D eigenvalue weighted by Crippen LogP contribution is 2.38. The molecule has 0 aliphatic rings. The van der Waals surface area contributed by atoms with E-state index in [1.165, 1.54) is 6.42 Å². The van der Waals surface area contributed by atoms with Gasteiger partial charge in [0.15, 0.2) is 0 Å². The van der Waals surface area contributed by atoms with Crippen LogP contribution in [0.2, 0.25) is 0 Å². The molecule has 0 saturated heterocycles. The highest BCUT2D eigenvalue weighted by atomic mass is 31.2. The molecule has 0 aliphatic heterocycles. The summed E-state index contributed by atoms with van der Waals surface area (Å²) in [5.74, 6) is 0. The predicted molar refractivity (Wildman–Crippen MR) is 147 cm³/mol. The predicted octanol–water partition coefficient (Wildman–Crippen LogP) is 3.67. The van der Waals surface area contributed by atoms with Crippen molar-refractivity contribution in [2.24, 2.45) is 14.1 Å². The van der Waals surface area contributed by atoms with Crippen LogP contribution in [0, 0.1) is 0 Å². The average molecular weight is 599 g/mol. The van der Waals surface area contributed by atoms with Crippen LogP contribution in [0.25, 0.3) is 0 Å². The molecule has 2 rings (SSSR count). The zero-order valence-electron chi connectivity index (χ0n) is 25.2. The van der Waals surface area contributed by atoms with E-state index in [9.17, 15) is 18.9 Å². The molecule has 0 saturated carbocycles. The number of nitrogens with zero attached hydrogens (tertiary/aromatic N) is 4. The molecule has 0 bridgehead atoms. The van der Waals surface area contributed by atoms with Gasteiger partial charge in [-0.1, -0.05) is 34.6 Å². The summed E-state index contributed by atoms with van der Waals surface area (Å²) in [6.45, 7) is 14.6. The fraction of sp³-hybridized carbons (Fsp3) is 0.760. The van der Waals surface area contributed by atoms with Crippen molar-refractivity contribution < 1.29 is 46.1 Å². The summed E-state index contributed by atoms with van der Waals surface area (Å²) in [7, 11) is -3.90. The van der Waals surface area contributed by atoms with Crippen molar-refractivity contribution in [3.63, 3.8) is 0 Å². The van der Waals surface area contributed by atoms with Crippen molar-refractivity contribution in [2.45, 2.75) is 86.7 Å². The van der Waals surface area contributed by atoms with Crippen LogP contribution in [-0.2, 0) is 54.4 Å². The van der Waals surface area contributed by atoms with Crippen LogP contribution < -0.4 is 18.9 Å². The van der Waals surface area contributed by atoms with E-state index in [0.717, 1.165) is 13.1 Å². The molecule has 0 unspecified atom stereocenters. The van der Waals surface area contributed by atoms with Crippen LogP contribution in [0.3, 0.4) is 0 Å². The van der Waals surface area contributed by atoms with E-state index in [0.29, 0.717) is 25.7 Å². The number of aromatic nitrogens is 4. The third-order valence-electron chi connectivity index (χ3n) is 4.31. The Hall–Kier alpha value is -1.36. The normalized spacial score (nSPS) is 11.0. The molecule has 0 aromatic carbocycles. The lowest BCUT2D eigenvalue weighted by molar-refractivity contribution is -0.671. The fourth-order valence-electron chi connectivity index (χ4n) is 2.47. The first-order valence-electron chi connectivity index (χ1n) is 13.6. The number of phosphoric ester groups is 2. The highest BCUT2D eigenvalue weighted by molar-refractivity contribution is 7.46. The van der Waals surface area contributed by atoms with Gasteiger partial charge in [-0.2, -0.15) is 0 Å². The van der Waals surface area contributed by atoms with Crippen molar-refractivity contribution >= 4 is 15.6 Å². The quantitative estimate of drug-likeness (QED) is 0.224. The van der Waals surface area contributed by atoms with Crippen molar-refractivity contribution in [3.8, 4) is 0 Å². The van der Waals surface area contributed by atoms with Crippen LogP contribution in [0.5, 0.6) is 0 Å². The molecule has 0 aliphatic carbocycles. The van der Waals surface area contributed by atoms with Crippen LogP contribution in [-0.4, -0.2) is 35.6 Å². The summed E-state index contributed by atoms with van der Waals surface area (Å²) in [4.78, 5) is 21.5. The Balaban J connectivity index is 0. The fourth-order valence-corrected chi connectivity index (χ4v) is 4.24. The van der Waals surface area contributed by atoms with E-state index in [2.05, 4.69) is 76.9 Å². The molecule has 2 heterocycles. The Morgan fingerprint density at radius 3 is 1.15 bits per heavy atom. The lowest BCUT2D eigenvalue weighted by Crippen LogP contribution is -2.23. The molecule has 39 heavy (non-hydrogen) atoms. The Bertz CT molecular complexity index is 868. The molecule has 0 amide bonds. The summed E-state index contributed by atoms with van der Waals surface area (Å²) in [6, 6.07) is 0. The number of phosphoric acid groups is 2. The van der Waals surface area contributed by atoms with Gasteiger partial charge in [-0.15, -0.1) is 0 Å². The van der Waals surface area contributed by atoms with Gasteiger partial charge < -0.3 is 27.9 Å². The second kappa shape index (κ2) is 24.4. The SMILES string of the molecule is CCCOP(=O)([O-])OCCC.CCCOP(=O)([O-])OCCC.CCCn1cc[n+](C)c1.CCn1cc[n+](C)c1. The van der Waals surface area contributed by atoms with E-state index >= 15 is 0 Å². The minimum atomic E-state index is -3.98. The summed E-state index contributed by atoms with van der Waals surface area (Å²) >= 11 is 0. The number of aryl methyl sites for hydroxylation is 4. The molecule has 12 nitrogen and oxygen atoms in total. The zero-order chi connectivity index (χ0) is 30.2. The van der Waals surface area contributed by atoms with Gasteiger partial charge in [0.1, 0.15) is 24.8 Å². The average Bonchev–Trinajstić information content (AvgIpc) is 3.52. The first-order valence-corrected chi connectivity index (χ1v) is 16.5. The summed E-state index contributed by atoms with van der Waals surface area (Å²) in [5, 5.41) is 0. The van der Waals surface area contributed by atoms with Crippen LogP contribution in [0.15, 0.2) is 37.4 Å². The third-order valence-corrected chi connectivity index (χ3v) is 6.30. The molecule has 2 aromatic rings. The Morgan fingerprint density at radius 1 is 0.615 bits per heavy atom. The van der Waals surface area contributed by atoms with E-state index in [4.69, 9.17) is 0 Å². The molecule has 230 valence electrons. The van der Waals surface area contributed by atoms with E-state index < -0.39 is 15.6 Å². The number of hydrogen-bond donors (Lipinski definition) is 0. The van der Waals surface area contributed by atoms with Gasteiger partial charge in [-0.3, -0.25) is 9.13 Å². The Labute approximate surface area is 235 Å². The molecule has 14 heteroatoms. The smallest absolute Gasteiger partial charge is 0.267 e. The van der Waals surface area contributed by atoms with E-state index in [1.807, 2.05) is 52.6 Å². The van der Waals surface area contributed by atoms with Gasteiger partial charge in [-0.05, 0) is 39.0 Å². The lowest BCUT2D eigenvalue weighted by atomic mass is 10.5. The second-order valence-electron chi connectivity index (χ2n) is 8.45. The van der Waals surface area contributed by atoms with Gasteiger partial charge >= 0.3 is 0 Å². The van der Waals surface area contributed by atoms with Gasteiger partial charge in [0.2, 0.25) is 12.7 Å². The van der Waals surface area contributed by atoms with Crippen LogP contribution in [0.4, 0.5) is 0 Å². The summed E-state index contributed by atoms with van der Waals surface area (Å²) < 4.78 is 47.7. The first kappa shape index (κ1) is 39.8. The summed E-state index contributed by atoms with van der Waals surface area (Å²) in [6.07, 6.45) is 16.2. The zero-order valence-corrected chi connectivity index (χ0v) is 27.0. The van der Waals surface area contributed by atoms with E-state index in [1.54, 1.807) is 0 Å². The van der Waals surface area contributed by atoms with Crippen LogP contribution in [0.1, 0.15) is 73.6 Å². The molecule has 0 fully saturated rings. The van der Waals surface area contributed by atoms with Crippen molar-refractivity contribution in [2.75, 3.05) is 26.4 Å². The number of rotatable bonds is 15. The second-order valence-corrected chi connectivity index (χ2v) is 11.3.